The SMILES string of the molecule is CCNC(=NCC1(CCO)CCOC1)NCCc1c[nH]c2ccccc12.I. The third-order valence-corrected chi connectivity index (χ3v) is 5.11. The average Bonchev–Trinajstić information content (AvgIpc) is 3.28. The highest BCUT2D eigenvalue weighted by Gasteiger charge is 2.34. The first kappa shape index (κ1) is 22.0. The van der Waals surface area contributed by atoms with Crippen molar-refractivity contribution in [1.29, 1.82) is 0 Å². The van der Waals surface area contributed by atoms with E-state index in [1.807, 2.05) is 6.07 Å². The lowest BCUT2D eigenvalue weighted by Gasteiger charge is -2.24. The molecule has 1 fully saturated rings. The van der Waals surface area contributed by atoms with Gasteiger partial charge in [-0.2, -0.15) is 0 Å². The second-order valence-electron chi connectivity index (χ2n) is 7.01. The highest BCUT2D eigenvalue weighted by atomic mass is 127. The molecule has 1 aliphatic heterocycles. The first-order valence-corrected chi connectivity index (χ1v) is 9.52. The van der Waals surface area contributed by atoms with E-state index in [-0.39, 0.29) is 36.0 Å². The molecule has 1 atom stereocenters. The molecule has 0 amide bonds. The molecule has 1 aromatic heterocycles. The number of aliphatic hydroxyl groups is 1. The van der Waals surface area contributed by atoms with Crippen LogP contribution < -0.4 is 10.6 Å². The van der Waals surface area contributed by atoms with E-state index >= 15 is 0 Å². The van der Waals surface area contributed by atoms with Gasteiger partial charge < -0.3 is 25.5 Å². The largest absolute Gasteiger partial charge is 0.396 e. The predicted octanol–water partition coefficient (Wildman–Crippen LogP) is 2.67. The topological polar surface area (TPSA) is 81.7 Å². The van der Waals surface area contributed by atoms with Crippen LogP contribution in [0.5, 0.6) is 0 Å². The smallest absolute Gasteiger partial charge is 0.191 e. The molecule has 1 aliphatic rings. The molecule has 0 bridgehead atoms. The van der Waals surface area contributed by atoms with Crippen molar-refractivity contribution in [2.24, 2.45) is 10.4 Å². The number of aromatic amines is 1. The molecule has 0 spiro atoms. The molecule has 2 heterocycles. The van der Waals surface area contributed by atoms with Crippen LogP contribution in [0.15, 0.2) is 35.5 Å². The fourth-order valence-corrected chi connectivity index (χ4v) is 3.53. The van der Waals surface area contributed by atoms with E-state index in [0.717, 1.165) is 44.9 Å². The number of para-hydroxylation sites is 1. The monoisotopic (exact) mass is 486 g/mol. The predicted molar refractivity (Wildman–Crippen MR) is 121 cm³/mol. The highest BCUT2D eigenvalue weighted by Crippen LogP contribution is 2.32. The van der Waals surface area contributed by atoms with Gasteiger partial charge in [0.1, 0.15) is 0 Å². The molecule has 1 unspecified atom stereocenters. The van der Waals surface area contributed by atoms with E-state index in [1.54, 1.807) is 0 Å². The number of H-pyrrole nitrogens is 1. The van der Waals surface area contributed by atoms with E-state index in [4.69, 9.17) is 9.73 Å². The number of hydrogen-bond acceptors (Lipinski definition) is 3. The number of halogens is 1. The number of nitrogens with zero attached hydrogens (tertiary/aromatic N) is 1. The Hall–Kier alpha value is -1.32. The molecule has 7 heteroatoms. The van der Waals surface area contributed by atoms with Gasteiger partial charge in [-0.3, -0.25) is 4.99 Å². The average molecular weight is 486 g/mol. The van der Waals surface area contributed by atoms with Crippen molar-refractivity contribution in [2.75, 3.05) is 39.5 Å². The van der Waals surface area contributed by atoms with Gasteiger partial charge in [-0.05, 0) is 37.8 Å². The van der Waals surface area contributed by atoms with Gasteiger partial charge in [0, 0.05) is 48.8 Å². The highest BCUT2D eigenvalue weighted by molar-refractivity contribution is 14.0. The van der Waals surface area contributed by atoms with Crippen molar-refractivity contribution in [2.45, 2.75) is 26.2 Å². The zero-order valence-electron chi connectivity index (χ0n) is 16.0. The maximum absolute atomic E-state index is 9.36. The summed E-state index contributed by atoms with van der Waals surface area (Å²) < 4.78 is 5.55. The Kier molecular flexibility index (Phi) is 8.85. The van der Waals surface area contributed by atoms with Crippen molar-refractivity contribution < 1.29 is 9.84 Å². The summed E-state index contributed by atoms with van der Waals surface area (Å²) >= 11 is 0. The number of guanidine groups is 1. The Morgan fingerprint density at radius 1 is 1.33 bits per heavy atom. The number of aromatic nitrogens is 1. The van der Waals surface area contributed by atoms with Crippen LogP contribution in [0.3, 0.4) is 0 Å². The van der Waals surface area contributed by atoms with Crippen molar-refractivity contribution in [1.82, 2.24) is 15.6 Å². The number of fused-ring (bicyclic) bond motifs is 1. The van der Waals surface area contributed by atoms with Gasteiger partial charge >= 0.3 is 0 Å². The summed E-state index contributed by atoms with van der Waals surface area (Å²) in [5.74, 6) is 0.830. The summed E-state index contributed by atoms with van der Waals surface area (Å²) in [6.45, 7) is 6.02. The number of aliphatic imine (C=N–C) groups is 1. The standard InChI is InChI=1S/C20H30N4O2.HI/c1-2-21-19(24-14-20(8-11-25)9-12-26-15-20)22-10-7-16-13-23-18-6-4-3-5-17(16)18;/h3-6,13,23,25H,2,7-12,14-15H2,1H3,(H2,21,22,24);1H. The Morgan fingerprint density at radius 3 is 2.93 bits per heavy atom. The maximum atomic E-state index is 9.36. The van der Waals surface area contributed by atoms with E-state index in [0.29, 0.717) is 13.2 Å². The molecule has 0 aliphatic carbocycles. The quantitative estimate of drug-likeness (QED) is 0.263. The summed E-state index contributed by atoms with van der Waals surface area (Å²) in [5.41, 5.74) is 2.47. The second kappa shape index (κ2) is 10.9. The number of aliphatic hydroxyl groups excluding tert-OH is 1. The van der Waals surface area contributed by atoms with Gasteiger partial charge in [-0.1, -0.05) is 18.2 Å². The van der Waals surface area contributed by atoms with Crippen molar-refractivity contribution >= 4 is 40.8 Å². The van der Waals surface area contributed by atoms with Crippen molar-refractivity contribution in [3.8, 4) is 0 Å². The minimum absolute atomic E-state index is 0. The zero-order chi connectivity index (χ0) is 18.2. The Labute approximate surface area is 178 Å². The van der Waals surface area contributed by atoms with E-state index in [2.05, 4.69) is 46.9 Å². The van der Waals surface area contributed by atoms with Crippen LogP contribution in [-0.2, 0) is 11.2 Å². The fraction of sp³-hybridized carbons (Fsp3) is 0.550. The molecule has 1 aromatic carbocycles. The number of nitrogens with one attached hydrogen (secondary N) is 3. The van der Waals surface area contributed by atoms with Gasteiger partial charge in [-0.15, -0.1) is 24.0 Å². The molecule has 6 nitrogen and oxygen atoms in total. The van der Waals surface area contributed by atoms with E-state index in [1.165, 1.54) is 16.5 Å². The molecular formula is C20H31IN4O2. The van der Waals surface area contributed by atoms with E-state index in [9.17, 15) is 5.11 Å². The summed E-state index contributed by atoms with van der Waals surface area (Å²) in [7, 11) is 0. The van der Waals surface area contributed by atoms with Gasteiger partial charge in [0.05, 0.1) is 13.2 Å². The van der Waals surface area contributed by atoms with Crippen LogP contribution in [0.25, 0.3) is 10.9 Å². The lowest BCUT2D eigenvalue weighted by molar-refractivity contribution is 0.131. The normalized spacial score (nSPS) is 19.9. The van der Waals surface area contributed by atoms with Gasteiger partial charge in [0.2, 0.25) is 0 Å². The zero-order valence-corrected chi connectivity index (χ0v) is 18.3. The maximum Gasteiger partial charge on any atom is 0.191 e. The molecule has 1 saturated heterocycles. The molecule has 150 valence electrons. The molecule has 0 radical (unpaired) electrons. The Balaban J connectivity index is 0.00000261. The first-order chi connectivity index (χ1) is 12.8. The lowest BCUT2D eigenvalue weighted by atomic mass is 9.84. The number of hydrogen-bond donors (Lipinski definition) is 4. The minimum Gasteiger partial charge on any atom is -0.396 e. The van der Waals surface area contributed by atoms with Crippen LogP contribution in [0.4, 0.5) is 0 Å². The summed E-state index contributed by atoms with van der Waals surface area (Å²) in [5, 5.41) is 17.4. The van der Waals surface area contributed by atoms with E-state index < -0.39 is 0 Å². The van der Waals surface area contributed by atoms with Crippen LogP contribution >= 0.6 is 24.0 Å². The minimum atomic E-state index is -0.0199. The fourth-order valence-electron chi connectivity index (χ4n) is 3.53. The second-order valence-corrected chi connectivity index (χ2v) is 7.01. The molecule has 3 rings (SSSR count). The van der Waals surface area contributed by atoms with Crippen LogP contribution in [0, 0.1) is 5.41 Å². The number of benzene rings is 1. The van der Waals surface area contributed by atoms with Crippen LogP contribution in [0.1, 0.15) is 25.3 Å². The van der Waals surface area contributed by atoms with Crippen LogP contribution in [-0.4, -0.2) is 55.5 Å². The van der Waals surface area contributed by atoms with Gasteiger partial charge in [-0.25, -0.2) is 0 Å². The van der Waals surface area contributed by atoms with Crippen LogP contribution in [0.2, 0.25) is 0 Å². The number of rotatable bonds is 8. The summed E-state index contributed by atoms with van der Waals surface area (Å²) in [6.07, 6.45) is 4.72. The summed E-state index contributed by atoms with van der Waals surface area (Å²) in [4.78, 5) is 8.08. The van der Waals surface area contributed by atoms with Gasteiger partial charge in [0.15, 0.2) is 5.96 Å². The number of ether oxygens (including phenoxy) is 1. The molecule has 2 aromatic rings. The third-order valence-electron chi connectivity index (χ3n) is 5.11. The molecule has 0 saturated carbocycles. The lowest BCUT2D eigenvalue weighted by Crippen LogP contribution is -2.39. The van der Waals surface area contributed by atoms with Crippen molar-refractivity contribution in [3.05, 3.63) is 36.0 Å². The first-order valence-electron chi connectivity index (χ1n) is 9.52. The Morgan fingerprint density at radius 2 is 2.19 bits per heavy atom. The van der Waals surface area contributed by atoms with Crippen molar-refractivity contribution in [3.63, 3.8) is 0 Å². The summed E-state index contributed by atoms with van der Waals surface area (Å²) in [6, 6.07) is 8.37. The third kappa shape index (κ3) is 5.83. The molecule has 4 N–H and O–H groups in total. The molecule has 27 heavy (non-hydrogen) atoms. The van der Waals surface area contributed by atoms with Gasteiger partial charge in [0.25, 0.3) is 0 Å². The Bertz CT molecular complexity index is 726. The molecular weight excluding hydrogens is 455 g/mol.